The Labute approximate surface area is 128 Å². The van der Waals surface area contributed by atoms with Crippen molar-refractivity contribution < 1.29 is 9.00 Å². The van der Waals surface area contributed by atoms with Crippen molar-refractivity contribution in [1.29, 1.82) is 0 Å². The molecule has 3 N–H and O–H groups in total. The summed E-state index contributed by atoms with van der Waals surface area (Å²) in [6, 6.07) is 14.0. The van der Waals surface area contributed by atoms with Crippen molar-refractivity contribution in [2.45, 2.75) is 4.90 Å². The van der Waals surface area contributed by atoms with E-state index in [4.69, 9.17) is 5.73 Å². The molecule has 0 spiro atoms. The first-order valence-corrected chi connectivity index (χ1v) is 7.96. The van der Waals surface area contributed by atoms with Crippen LogP contribution in [0.1, 0.15) is 0 Å². The highest BCUT2D eigenvalue weighted by Gasteiger charge is 2.13. The first-order valence-electron chi connectivity index (χ1n) is 5.84. The van der Waals surface area contributed by atoms with Crippen LogP contribution in [0.2, 0.25) is 0 Å². The highest BCUT2D eigenvalue weighted by atomic mass is 79.9. The fourth-order valence-electron chi connectivity index (χ4n) is 1.62. The number of hydrogen-bond acceptors (Lipinski definition) is 3. The zero-order valence-corrected chi connectivity index (χ0v) is 12.9. The molecule has 0 bridgehead atoms. The average Bonchev–Trinajstić information content (AvgIpc) is 2.39. The van der Waals surface area contributed by atoms with Crippen LogP contribution in [-0.2, 0) is 15.6 Å². The minimum atomic E-state index is -1.42. The van der Waals surface area contributed by atoms with Crippen LogP contribution < -0.4 is 11.1 Å². The van der Waals surface area contributed by atoms with E-state index >= 15 is 0 Å². The second kappa shape index (κ2) is 6.67. The third-order valence-corrected chi connectivity index (χ3v) is 4.81. The summed E-state index contributed by atoms with van der Waals surface area (Å²) in [4.78, 5) is 12.4. The number of carbonyl (C=O) groups is 1. The number of hydrogen-bond donors (Lipinski definition) is 2. The van der Waals surface area contributed by atoms with Gasteiger partial charge in [-0.15, -0.1) is 0 Å². The molecule has 0 aliphatic heterocycles. The maximum absolute atomic E-state index is 12.2. The number of amides is 1. The van der Waals surface area contributed by atoms with E-state index < -0.39 is 10.8 Å². The summed E-state index contributed by atoms with van der Waals surface area (Å²) in [7, 11) is -1.42. The summed E-state index contributed by atoms with van der Waals surface area (Å²) < 4.78 is 12.8. The van der Waals surface area contributed by atoms with Gasteiger partial charge in [-0.3, -0.25) is 9.00 Å². The molecule has 1 atom stereocenters. The number of nitrogens with one attached hydrogen (secondary N) is 1. The van der Waals surface area contributed by atoms with Crippen LogP contribution in [0.4, 0.5) is 11.4 Å². The van der Waals surface area contributed by atoms with E-state index in [9.17, 15) is 9.00 Å². The van der Waals surface area contributed by atoms with Gasteiger partial charge < -0.3 is 11.1 Å². The van der Waals surface area contributed by atoms with Crippen molar-refractivity contribution in [2.75, 3.05) is 16.8 Å². The summed E-state index contributed by atoms with van der Waals surface area (Å²) >= 11 is 3.30. The third-order valence-electron chi connectivity index (χ3n) is 2.52. The lowest BCUT2D eigenvalue weighted by atomic mass is 10.3. The summed E-state index contributed by atoms with van der Waals surface area (Å²) in [5.74, 6) is -0.393. The molecule has 6 heteroatoms. The van der Waals surface area contributed by atoms with Gasteiger partial charge in [-0.05, 0) is 46.3 Å². The van der Waals surface area contributed by atoms with Crippen molar-refractivity contribution in [2.24, 2.45) is 0 Å². The van der Waals surface area contributed by atoms with Gasteiger partial charge in [-0.2, -0.15) is 0 Å². The molecule has 0 fully saturated rings. The van der Waals surface area contributed by atoms with Crippen LogP contribution in [0.5, 0.6) is 0 Å². The number of nitrogen functional groups attached to an aromatic ring is 1. The van der Waals surface area contributed by atoms with Crippen LogP contribution in [0.25, 0.3) is 0 Å². The smallest absolute Gasteiger partial charge is 0.237 e. The van der Waals surface area contributed by atoms with Crippen LogP contribution in [0, 0.1) is 0 Å². The summed E-state index contributed by atoms with van der Waals surface area (Å²) in [5.41, 5.74) is 6.88. The van der Waals surface area contributed by atoms with Gasteiger partial charge in [0.2, 0.25) is 5.91 Å². The fourth-order valence-corrected chi connectivity index (χ4v) is 3.52. The van der Waals surface area contributed by atoms with Gasteiger partial charge >= 0.3 is 0 Å². The van der Waals surface area contributed by atoms with Gasteiger partial charge in [-0.25, -0.2) is 0 Å². The molecule has 20 heavy (non-hydrogen) atoms. The molecule has 0 aliphatic carbocycles. The maximum atomic E-state index is 12.2. The van der Waals surface area contributed by atoms with Crippen LogP contribution >= 0.6 is 15.9 Å². The quantitative estimate of drug-likeness (QED) is 0.831. The number of para-hydroxylation sites is 1. The van der Waals surface area contributed by atoms with Crippen molar-refractivity contribution in [3.63, 3.8) is 0 Å². The van der Waals surface area contributed by atoms with E-state index in [-0.39, 0.29) is 11.7 Å². The Kier molecular flexibility index (Phi) is 4.92. The molecule has 0 aliphatic rings. The molecular formula is C14H13BrN2O2S. The van der Waals surface area contributed by atoms with E-state index in [0.29, 0.717) is 20.7 Å². The van der Waals surface area contributed by atoms with E-state index in [1.165, 1.54) is 0 Å². The van der Waals surface area contributed by atoms with Gasteiger partial charge in [0.05, 0.1) is 15.7 Å². The number of nitrogens with two attached hydrogens (primary N) is 1. The molecule has 0 saturated heterocycles. The zero-order chi connectivity index (χ0) is 14.5. The van der Waals surface area contributed by atoms with Crippen LogP contribution in [-0.4, -0.2) is 15.9 Å². The summed E-state index contributed by atoms with van der Waals surface area (Å²) in [5, 5.41) is 2.70. The third kappa shape index (κ3) is 3.91. The van der Waals surface area contributed by atoms with Gasteiger partial charge in [0, 0.05) is 15.8 Å². The fraction of sp³-hybridized carbons (Fsp3) is 0.0714. The van der Waals surface area contributed by atoms with Gasteiger partial charge in [0.25, 0.3) is 0 Å². The van der Waals surface area contributed by atoms with E-state index in [2.05, 4.69) is 21.2 Å². The highest BCUT2D eigenvalue weighted by Crippen LogP contribution is 2.23. The number of carbonyl (C=O) groups excluding carboxylic acids is 1. The first-order chi connectivity index (χ1) is 9.56. The number of rotatable bonds is 4. The van der Waals surface area contributed by atoms with E-state index in [1.54, 1.807) is 30.3 Å². The lowest BCUT2D eigenvalue weighted by Crippen LogP contribution is -2.19. The Hall–Kier alpha value is -1.66. The Balaban J connectivity index is 2.02. The Morgan fingerprint density at radius 1 is 1.20 bits per heavy atom. The Bertz CT molecular complexity index is 647. The average molecular weight is 353 g/mol. The lowest BCUT2D eigenvalue weighted by molar-refractivity contribution is -0.113. The highest BCUT2D eigenvalue weighted by molar-refractivity contribution is 9.10. The van der Waals surface area contributed by atoms with Crippen molar-refractivity contribution in [3.8, 4) is 0 Å². The molecule has 0 heterocycles. The van der Waals surface area contributed by atoms with E-state index in [0.717, 1.165) is 0 Å². The molecule has 1 unspecified atom stereocenters. The molecule has 0 aromatic heterocycles. The van der Waals surface area contributed by atoms with Gasteiger partial charge in [-0.1, -0.05) is 18.2 Å². The molecule has 0 radical (unpaired) electrons. The second-order valence-corrected chi connectivity index (χ2v) is 6.37. The Morgan fingerprint density at radius 3 is 2.55 bits per heavy atom. The minimum Gasteiger partial charge on any atom is -0.399 e. The first kappa shape index (κ1) is 14.7. The predicted octanol–water partition coefficient (Wildman–Crippen LogP) is 2.78. The van der Waals surface area contributed by atoms with Crippen molar-refractivity contribution >= 4 is 44.0 Å². The number of halogens is 1. The largest absolute Gasteiger partial charge is 0.399 e. The van der Waals surface area contributed by atoms with E-state index in [1.807, 2.05) is 18.2 Å². The number of benzene rings is 2. The van der Waals surface area contributed by atoms with Crippen molar-refractivity contribution in [3.05, 3.63) is 53.0 Å². The monoisotopic (exact) mass is 352 g/mol. The van der Waals surface area contributed by atoms with Crippen LogP contribution in [0.3, 0.4) is 0 Å². The molecule has 2 aromatic carbocycles. The molecule has 1 amide bonds. The normalized spacial score (nSPS) is 11.8. The SMILES string of the molecule is Nc1ccc(S(=O)CC(=O)Nc2ccccc2)c(Br)c1. The molecule has 104 valence electrons. The molecule has 0 saturated carbocycles. The predicted molar refractivity (Wildman–Crippen MR) is 84.9 cm³/mol. The molecule has 2 aromatic rings. The number of anilines is 2. The lowest BCUT2D eigenvalue weighted by Gasteiger charge is -2.07. The van der Waals surface area contributed by atoms with Gasteiger partial charge in [0.15, 0.2) is 0 Å². The standard InChI is InChI=1S/C14H13BrN2O2S/c15-12-8-10(16)6-7-13(12)20(19)9-14(18)17-11-4-2-1-3-5-11/h1-8H,9,16H2,(H,17,18). The second-order valence-electron chi connectivity index (χ2n) is 4.09. The van der Waals surface area contributed by atoms with Crippen LogP contribution in [0.15, 0.2) is 57.9 Å². The summed E-state index contributed by atoms with van der Waals surface area (Å²) in [6.45, 7) is 0. The Morgan fingerprint density at radius 2 is 1.90 bits per heavy atom. The summed E-state index contributed by atoms with van der Waals surface area (Å²) in [6.07, 6.45) is 0. The molecule has 4 nitrogen and oxygen atoms in total. The van der Waals surface area contributed by atoms with Gasteiger partial charge in [0.1, 0.15) is 5.75 Å². The maximum Gasteiger partial charge on any atom is 0.237 e. The molecule has 2 rings (SSSR count). The zero-order valence-electron chi connectivity index (χ0n) is 10.5. The molecular weight excluding hydrogens is 340 g/mol. The van der Waals surface area contributed by atoms with Crippen molar-refractivity contribution in [1.82, 2.24) is 0 Å². The minimum absolute atomic E-state index is 0.0998. The topological polar surface area (TPSA) is 72.2 Å².